The molecule has 0 radical (unpaired) electrons. The molecular formula is C11H13NO2. The Labute approximate surface area is 83.1 Å². The standard InChI is InChI=1S/C11H13NO2/c1-14-10-5-3-2-4-8(10)11-9(13)6-7-12-11/h2-5,11-12H,6-7H2,1H3. The van der Waals surface area contributed by atoms with E-state index in [2.05, 4.69) is 5.32 Å². The maximum atomic E-state index is 11.5. The van der Waals surface area contributed by atoms with Crippen LogP contribution in [0.3, 0.4) is 0 Å². The molecule has 0 spiro atoms. The smallest absolute Gasteiger partial charge is 0.155 e. The van der Waals surface area contributed by atoms with Gasteiger partial charge in [0.05, 0.1) is 13.2 Å². The number of Topliss-reactive ketones (excluding diaryl/α,β-unsaturated/α-hetero) is 1. The van der Waals surface area contributed by atoms with Crippen LogP contribution in [0.5, 0.6) is 5.75 Å². The fourth-order valence-corrected chi connectivity index (χ4v) is 1.79. The van der Waals surface area contributed by atoms with E-state index in [0.717, 1.165) is 17.9 Å². The van der Waals surface area contributed by atoms with Crippen LogP contribution in [-0.4, -0.2) is 19.4 Å². The molecule has 3 nitrogen and oxygen atoms in total. The second kappa shape index (κ2) is 3.80. The van der Waals surface area contributed by atoms with Gasteiger partial charge in [0.1, 0.15) is 5.75 Å². The molecule has 2 rings (SSSR count). The van der Waals surface area contributed by atoms with Gasteiger partial charge in [-0.05, 0) is 6.07 Å². The highest BCUT2D eigenvalue weighted by Crippen LogP contribution is 2.28. The molecule has 0 amide bonds. The molecule has 1 aliphatic rings. The number of para-hydroxylation sites is 1. The van der Waals surface area contributed by atoms with Crippen LogP contribution < -0.4 is 10.1 Å². The Kier molecular flexibility index (Phi) is 2.50. The second-order valence-electron chi connectivity index (χ2n) is 3.35. The van der Waals surface area contributed by atoms with E-state index in [4.69, 9.17) is 4.74 Å². The number of hydrogen-bond acceptors (Lipinski definition) is 3. The highest BCUT2D eigenvalue weighted by molar-refractivity contribution is 5.88. The lowest BCUT2D eigenvalue weighted by Crippen LogP contribution is -2.18. The average Bonchev–Trinajstić information content (AvgIpc) is 2.64. The Morgan fingerprint density at radius 3 is 2.86 bits per heavy atom. The molecule has 0 aliphatic carbocycles. The summed E-state index contributed by atoms with van der Waals surface area (Å²) in [5.74, 6) is 1.02. The van der Waals surface area contributed by atoms with Crippen LogP contribution in [0.4, 0.5) is 0 Å². The third-order valence-electron chi connectivity index (χ3n) is 2.49. The molecule has 1 aromatic rings. The quantitative estimate of drug-likeness (QED) is 0.765. The number of ether oxygens (including phenoxy) is 1. The molecule has 1 aliphatic heterocycles. The summed E-state index contributed by atoms with van der Waals surface area (Å²) in [6.07, 6.45) is 0.614. The fourth-order valence-electron chi connectivity index (χ4n) is 1.79. The van der Waals surface area contributed by atoms with Gasteiger partial charge in [0.15, 0.2) is 5.78 Å². The predicted octanol–water partition coefficient (Wildman–Crippen LogP) is 1.30. The Morgan fingerprint density at radius 1 is 1.43 bits per heavy atom. The van der Waals surface area contributed by atoms with Gasteiger partial charge in [0.25, 0.3) is 0 Å². The first kappa shape index (κ1) is 9.21. The molecule has 14 heavy (non-hydrogen) atoms. The fraction of sp³-hybridized carbons (Fsp3) is 0.364. The lowest BCUT2D eigenvalue weighted by atomic mass is 10.0. The number of carbonyl (C=O) groups excluding carboxylic acids is 1. The van der Waals surface area contributed by atoms with Gasteiger partial charge in [0.2, 0.25) is 0 Å². The largest absolute Gasteiger partial charge is 0.496 e. The van der Waals surface area contributed by atoms with Crippen molar-refractivity contribution in [3.8, 4) is 5.75 Å². The van der Waals surface area contributed by atoms with E-state index in [1.54, 1.807) is 7.11 Å². The zero-order chi connectivity index (χ0) is 9.97. The Bertz CT molecular complexity index is 349. The Balaban J connectivity index is 2.35. The Morgan fingerprint density at radius 2 is 2.21 bits per heavy atom. The minimum atomic E-state index is -0.175. The van der Waals surface area contributed by atoms with Gasteiger partial charge < -0.3 is 10.1 Å². The highest BCUT2D eigenvalue weighted by atomic mass is 16.5. The zero-order valence-electron chi connectivity index (χ0n) is 8.12. The minimum absolute atomic E-state index is 0.175. The highest BCUT2D eigenvalue weighted by Gasteiger charge is 2.27. The summed E-state index contributed by atoms with van der Waals surface area (Å²) >= 11 is 0. The van der Waals surface area contributed by atoms with Crippen LogP contribution in [0.2, 0.25) is 0 Å². The molecule has 1 saturated heterocycles. The molecule has 0 aromatic heterocycles. The minimum Gasteiger partial charge on any atom is -0.496 e. The summed E-state index contributed by atoms with van der Waals surface area (Å²) < 4.78 is 5.21. The lowest BCUT2D eigenvalue weighted by Gasteiger charge is -2.13. The number of hydrogen-bond donors (Lipinski definition) is 1. The summed E-state index contributed by atoms with van der Waals surface area (Å²) in [6, 6.07) is 7.46. The first-order chi connectivity index (χ1) is 6.83. The van der Waals surface area contributed by atoms with Gasteiger partial charge in [0, 0.05) is 18.5 Å². The molecule has 1 heterocycles. The van der Waals surface area contributed by atoms with Crippen LogP contribution in [0.25, 0.3) is 0 Å². The van der Waals surface area contributed by atoms with Crippen LogP contribution in [-0.2, 0) is 4.79 Å². The van der Waals surface area contributed by atoms with Crippen molar-refractivity contribution < 1.29 is 9.53 Å². The normalized spacial score (nSPS) is 21.2. The number of benzene rings is 1. The summed E-state index contributed by atoms with van der Waals surface area (Å²) in [5.41, 5.74) is 0.942. The van der Waals surface area contributed by atoms with Gasteiger partial charge in [-0.3, -0.25) is 4.79 Å². The Hall–Kier alpha value is -1.35. The van der Waals surface area contributed by atoms with Crippen LogP contribution in [0.15, 0.2) is 24.3 Å². The SMILES string of the molecule is COc1ccccc1C1NCCC1=O. The molecule has 3 heteroatoms. The van der Waals surface area contributed by atoms with Gasteiger partial charge in [-0.2, -0.15) is 0 Å². The zero-order valence-corrected chi connectivity index (χ0v) is 8.12. The van der Waals surface area contributed by atoms with Crippen molar-refractivity contribution in [2.24, 2.45) is 0 Å². The molecule has 74 valence electrons. The van der Waals surface area contributed by atoms with Crippen LogP contribution in [0.1, 0.15) is 18.0 Å². The van der Waals surface area contributed by atoms with Gasteiger partial charge in [-0.1, -0.05) is 18.2 Å². The maximum absolute atomic E-state index is 11.5. The number of rotatable bonds is 2. The molecule has 1 N–H and O–H groups in total. The molecule has 1 aromatic carbocycles. The van der Waals surface area contributed by atoms with Crippen molar-refractivity contribution >= 4 is 5.78 Å². The van der Waals surface area contributed by atoms with E-state index in [1.165, 1.54) is 0 Å². The van der Waals surface area contributed by atoms with Crippen molar-refractivity contribution in [2.45, 2.75) is 12.5 Å². The van der Waals surface area contributed by atoms with E-state index >= 15 is 0 Å². The number of methoxy groups -OCH3 is 1. The van der Waals surface area contributed by atoms with Gasteiger partial charge in [-0.25, -0.2) is 0 Å². The van der Waals surface area contributed by atoms with E-state index in [1.807, 2.05) is 24.3 Å². The number of ketones is 1. The summed E-state index contributed by atoms with van der Waals surface area (Å²) in [6.45, 7) is 0.765. The van der Waals surface area contributed by atoms with Crippen molar-refractivity contribution in [2.75, 3.05) is 13.7 Å². The average molecular weight is 191 g/mol. The van der Waals surface area contributed by atoms with E-state index in [9.17, 15) is 4.79 Å². The molecule has 1 atom stereocenters. The third kappa shape index (κ3) is 1.51. The maximum Gasteiger partial charge on any atom is 0.155 e. The number of carbonyl (C=O) groups is 1. The molecule has 1 unspecified atom stereocenters. The molecule has 0 saturated carbocycles. The summed E-state index contributed by atoms with van der Waals surface area (Å²) in [5, 5.41) is 3.17. The monoisotopic (exact) mass is 191 g/mol. The lowest BCUT2D eigenvalue weighted by molar-refractivity contribution is -0.118. The van der Waals surface area contributed by atoms with Crippen molar-refractivity contribution in [3.63, 3.8) is 0 Å². The first-order valence-corrected chi connectivity index (χ1v) is 4.72. The first-order valence-electron chi connectivity index (χ1n) is 4.72. The molecule has 1 fully saturated rings. The molecule has 0 bridgehead atoms. The summed E-state index contributed by atoms with van der Waals surface area (Å²) in [4.78, 5) is 11.5. The van der Waals surface area contributed by atoms with Crippen molar-refractivity contribution in [1.29, 1.82) is 0 Å². The van der Waals surface area contributed by atoms with Crippen molar-refractivity contribution in [3.05, 3.63) is 29.8 Å². The second-order valence-corrected chi connectivity index (χ2v) is 3.35. The third-order valence-corrected chi connectivity index (χ3v) is 2.49. The topological polar surface area (TPSA) is 38.3 Å². The van der Waals surface area contributed by atoms with Crippen molar-refractivity contribution in [1.82, 2.24) is 5.32 Å². The predicted molar refractivity (Wildman–Crippen MR) is 53.4 cm³/mol. The van der Waals surface area contributed by atoms with E-state index in [-0.39, 0.29) is 11.8 Å². The van der Waals surface area contributed by atoms with Gasteiger partial charge in [-0.15, -0.1) is 0 Å². The molecular weight excluding hydrogens is 178 g/mol. The number of nitrogens with one attached hydrogen (secondary N) is 1. The summed E-state index contributed by atoms with van der Waals surface area (Å²) in [7, 11) is 1.62. The van der Waals surface area contributed by atoms with Gasteiger partial charge >= 0.3 is 0 Å². The van der Waals surface area contributed by atoms with Crippen LogP contribution >= 0.6 is 0 Å². The van der Waals surface area contributed by atoms with Crippen LogP contribution in [0, 0.1) is 0 Å². The van der Waals surface area contributed by atoms with E-state index in [0.29, 0.717) is 6.42 Å². The van der Waals surface area contributed by atoms with E-state index < -0.39 is 0 Å².